The highest BCUT2D eigenvalue weighted by molar-refractivity contribution is 7.32. The summed E-state index contributed by atoms with van der Waals surface area (Å²) < 4.78 is 29.9. The van der Waals surface area contributed by atoms with E-state index >= 15 is 0 Å². The van der Waals surface area contributed by atoms with Crippen molar-refractivity contribution in [2.75, 3.05) is 12.3 Å². The lowest BCUT2D eigenvalue weighted by molar-refractivity contribution is -0.0473. The fraction of sp³-hybridized carbons (Fsp3) is 0.688. The highest BCUT2D eigenvalue weighted by Gasteiger charge is 2.51. The molecule has 11 nitrogen and oxygen atoms in total. The molecular formula is C16H27N5O6PSi+. The summed E-state index contributed by atoms with van der Waals surface area (Å²) in [6.45, 7) is 10.1. The number of aliphatic hydroxyl groups excluding tert-OH is 1. The van der Waals surface area contributed by atoms with Gasteiger partial charge in [-0.1, -0.05) is 20.8 Å². The smallest absolute Gasteiger partial charge is 0.408 e. The Labute approximate surface area is 170 Å². The van der Waals surface area contributed by atoms with Gasteiger partial charge < -0.3 is 20.0 Å². The summed E-state index contributed by atoms with van der Waals surface area (Å²) in [6, 6.07) is 0. The van der Waals surface area contributed by atoms with Gasteiger partial charge in [-0.3, -0.25) is 4.57 Å². The number of aromatic nitrogens is 4. The Kier molecular flexibility index (Phi) is 6.07. The third-order valence-corrected chi connectivity index (χ3v) is 10.4. The molecule has 0 saturated carbocycles. The average molecular weight is 444 g/mol. The van der Waals surface area contributed by atoms with Crippen molar-refractivity contribution >= 4 is 33.6 Å². The van der Waals surface area contributed by atoms with Gasteiger partial charge in [0.05, 0.1) is 6.33 Å². The Morgan fingerprint density at radius 2 is 2.03 bits per heavy atom. The molecule has 0 amide bonds. The minimum Gasteiger partial charge on any atom is -0.408 e. The first-order valence-corrected chi connectivity index (χ1v) is 13.2. The molecule has 1 aliphatic heterocycles. The van der Waals surface area contributed by atoms with Crippen molar-refractivity contribution in [2.24, 2.45) is 0 Å². The summed E-state index contributed by atoms with van der Waals surface area (Å²) in [5.74, 6) is 0.215. The van der Waals surface area contributed by atoms with Crippen LogP contribution in [0.1, 0.15) is 27.0 Å². The fourth-order valence-electron chi connectivity index (χ4n) is 2.94. The monoisotopic (exact) mass is 444 g/mol. The topological polar surface area (TPSA) is 155 Å². The van der Waals surface area contributed by atoms with Crippen molar-refractivity contribution < 1.29 is 28.3 Å². The van der Waals surface area contributed by atoms with Crippen molar-refractivity contribution in [3.8, 4) is 0 Å². The van der Waals surface area contributed by atoms with E-state index in [2.05, 4.69) is 48.8 Å². The second-order valence-electron chi connectivity index (χ2n) is 8.52. The Balaban J connectivity index is 1.94. The highest BCUT2D eigenvalue weighted by Crippen LogP contribution is 2.42. The number of nitrogen functional groups attached to an aromatic ring is 1. The number of rotatable bonds is 6. The van der Waals surface area contributed by atoms with E-state index in [0.717, 1.165) is 0 Å². The SMILES string of the molecule is CC(C)(C)[Si](C)(C)O[C@H]1[C@@H](O)[C@H](n2cnc3c(N)ncnc32)O[C@@H]1CO[P+](=O)O. The molecule has 1 unspecified atom stereocenters. The Morgan fingerprint density at radius 3 is 2.66 bits per heavy atom. The van der Waals surface area contributed by atoms with Gasteiger partial charge in [-0.25, -0.2) is 15.0 Å². The van der Waals surface area contributed by atoms with Gasteiger partial charge in [0.1, 0.15) is 36.8 Å². The second kappa shape index (κ2) is 7.95. The van der Waals surface area contributed by atoms with E-state index in [-0.39, 0.29) is 17.5 Å². The standard InChI is InChI=1S/C16H26N5O6PSi/c1-16(2,3)29(4,5)27-12-9(6-25-28(23)24)26-15(11(12)22)21-8-20-10-13(17)18-7-19-14(10)21/h7-9,11-12,15,22H,6H2,1-5H3,(H2-,17,18,19,23,24)/p+1/t9-,11-,12-,15-/m1/s1. The first-order valence-electron chi connectivity index (χ1n) is 9.16. The molecule has 160 valence electrons. The van der Waals surface area contributed by atoms with Crippen LogP contribution in [0.3, 0.4) is 0 Å². The van der Waals surface area contributed by atoms with Crippen molar-refractivity contribution in [3.63, 3.8) is 0 Å². The molecule has 13 heteroatoms. The van der Waals surface area contributed by atoms with Gasteiger partial charge in [0.25, 0.3) is 0 Å². The van der Waals surface area contributed by atoms with Crippen LogP contribution in [0.2, 0.25) is 18.1 Å². The van der Waals surface area contributed by atoms with E-state index in [4.69, 9.17) is 24.3 Å². The number of nitrogens with zero attached hydrogens (tertiary/aromatic N) is 4. The molecule has 0 aromatic carbocycles. The van der Waals surface area contributed by atoms with Crippen molar-refractivity contribution in [2.45, 2.75) is 63.4 Å². The minimum atomic E-state index is -2.81. The van der Waals surface area contributed by atoms with Crippen molar-refractivity contribution in [1.82, 2.24) is 19.5 Å². The lowest BCUT2D eigenvalue weighted by Crippen LogP contribution is -2.49. The maximum absolute atomic E-state index is 11.1. The first-order chi connectivity index (χ1) is 13.4. The van der Waals surface area contributed by atoms with Crippen LogP contribution in [0, 0.1) is 0 Å². The molecule has 29 heavy (non-hydrogen) atoms. The van der Waals surface area contributed by atoms with Crippen LogP contribution < -0.4 is 5.73 Å². The summed E-state index contributed by atoms with van der Waals surface area (Å²) >= 11 is 0. The molecule has 4 N–H and O–H groups in total. The van der Waals surface area contributed by atoms with Crippen molar-refractivity contribution in [3.05, 3.63) is 12.7 Å². The first kappa shape index (κ1) is 22.2. The summed E-state index contributed by atoms with van der Waals surface area (Å²) in [5, 5.41) is 11.0. The van der Waals surface area contributed by atoms with E-state index in [0.29, 0.717) is 11.2 Å². The van der Waals surface area contributed by atoms with E-state index in [1.54, 1.807) is 4.57 Å². The molecule has 0 aliphatic carbocycles. The van der Waals surface area contributed by atoms with Crippen LogP contribution in [0.4, 0.5) is 5.82 Å². The van der Waals surface area contributed by atoms with Crippen LogP contribution >= 0.6 is 8.25 Å². The van der Waals surface area contributed by atoms with Gasteiger partial charge in [0, 0.05) is 4.57 Å². The zero-order chi connectivity index (χ0) is 21.6. The second-order valence-corrected chi connectivity index (χ2v) is 14.0. The van der Waals surface area contributed by atoms with Crippen LogP contribution in [0.25, 0.3) is 11.2 Å². The van der Waals surface area contributed by atoms with Gasteiger partial charge in [0.2, 0.25) is 0 Å². The molecule has 1 fully saturated rings. The number of hydrogen-bond donors (Lipinski definition) is 3. The van der Waals surface area contributed by atoms with Gasteiger partial charge in [-0.15, -0.1) is 9.42 Å². The normalized spacial score (nSPS) is 26.2. The molecule has 1 aliphatic rings. The maximum Gasteiger partial charge on any atom is 0.694 e. The van der Waals surface area contributed by atoms with Gasteiger partial charge in [-0.2, -0.15) is 0 Å². The number of ether oxygens (including phenoxy) is 1. The number of aliphatic hydroxyl groups is 1. The largest absolute Gasteiger partial charge is 0.694 e. The summed E-state index contributed by atoms with van der Waals surface area (Å²) in [6.07, 6.45) is -0.711. The number of nitrogens with two attached hydrogens (primary N) is 1. The number of imidazole rings is 1. The van der Waals surface area contributed by atoms with Crippen LogP contribution in [-0.2, 0) is 18.3 Å². The third kappa shape index (κ3) is 4.33. The Bertz CT molecular complexity index is 904. The lowest BCUT2D eigenvalue weighted by atomic mass is 10.1. The van der Waals surface area contributed by atoms with Crippen LogP contribution in [0.15, 0.2) is 12.7 Å². The van der Waals surface area contributed by atoms with E-state index < -0.39 is 41.1 Å². The fourth-order valence-corrected chi connectivity index (χ4v) is 4.54. The predicted octanol–water partition coefficient (Wildman–Crippen LogP) is 1.72. The molecule has 3 heterocycles. The lowest BCUT2D eigenvalue weighted by Gasteiger charge is -2.39. The Hall–Kier alpha value is -1.53. The molecule has 3 rings (SSSR count). The van der Waals surface area contributed by atoms with Gasteiger partial charge in [0.15, 0.2) is 26.0 Å². The zero-order valence-corrected chi connectivity index (χ0v) is 18.9. The molecule has 0 spiro atoms. The zero-order valence-electron chi connectivity index (χ0n) is 17.0. The number of hydrogen-bond acceptors (Lipinski definition) is 9. The van der Waals surface area contributed by atoms with Gasteiger partial charge >= 0.3 is 8.25 Å². The molecule has 2 aromatic rings. The van der Waals surface area contributed by atoms with Gasteiger partial charge in [-0.05, 0) is 18.1 Å². The summed E-state index contributed by atoms with van der Waals surface area (Å²) in [4.78, 5) is 21.3. The summed E-state index contributed by atoms with van der Waals surface area (Å²) in [7, 11) is -5.10. The summed E-state index contributed by atoms with van der Waals surface area (Å²) in [5.41, 5.74) is 6.64. The predicted molar refractivity (Wildman–Crippen MR) is 107 cm³/mol. The highest BCUT2D eigenvalue weighted by atomic mass is 31.1. The number of anilines is 1. The minimum absolute atomic E-state index is 0.109. The number of fused-ring (bicyclic) bond motifs is 1. The molecule has 1 saturated heterocycles. The quantitative estimate of drug-likeness (QED) is 0.443. The maximum atomic E-state index is 11.1. The van der Waals surface area contributed by atoms with Crippen molar-refractivity contribution in [1.29, 1.82) is 0 Å². The van der Waals surface area contributed by atoms with E-state index in [9.17, 15) is 9.67 Å². The average Bonchev–Trinajstić information content (AvgIpc) is 3.15. The molecular weight excluding hydrogens is 417 g/mol. The Morgan fingerprint density at radius 1 is 1.34 bits per heavy atom. The van der Waals surface area contributed by atoms with Crippen LogP contribution in [0.5, 0.6) is 0 Å². The molecule has 0 radical (unpaired) electrons. The third-order valence-electron chi connectivity index (χ3n) is 5.56. The van der Waals surface area contributed by atoms with E-state index in [1.807, 2.05) is 0 Å². The molecule has 2 aromatic heterocycles. The van der Waals surface area contributed by atoms with Crippen LogP contribution in [-0.4, -0.2) is 62.8 Å². The molecule has 5 atom stereocenters. The molecule has 0 bridgehead atoms. The van der Waals surface area contributed by atoms with E-state index in [1.165, 1.54) is 12.7 Å².